The van der Waals surface area contributed by atoms with Gasteiger partial charge in [-0.05, 0) is 39.0 Å². The van der Waals surface area contributed by atoms with Crippen LogP contribution < -0.4 is 10.1 Å². The third-order valence-corrected chi connectivity index (χ3v) is 2.87. The fraction of sp³-hybridized carbons (Fsp3) is 0.429. The average Bonchev–Trinajstić information content (AvgIpc) is 2.36. The predicted molar refractivity (Wildman–Crippen MR) is 80.8 cm³/mol. The molecule has 0 saturated carbocycles. The summed E-state index contributed by atoms with van der Waals surface area (Å²) in [5.41, 5.74) is 0. The molecule has 1 atom stereocenters. The summed E-state index contributed by atoms with van der Waals surface area (Å²) >= 11 is 11.7. The summed E-state index contributed by atoms with van der Waals surface area (Å²) < 4.78 is 10.2. The van der Waals surface area contributed by atoms with Crippen LogP contribution in [0, 0.1) is 0 Å². The van der Waals surface area contributed by atoms with E-state index in [-0.39, 0.29) is 12.7 Å². The summed E-state index contributed by atoms with van der Waals surface area (Å²) in [6.07, 6.45) is -0.235. The summed E-state index contributed by atoms with van der Waals surface area (Å²) in [4.78, 5) is 23.2. The first kappa shape index (κ1) is 17.6. The Morgan fingerprint density at radius 2 is 1.90 bits per heavy atom. The van der Waals surface area contributed by atoms with Gasteiger partial charge in [0.1, 0.15) is 11.8 Å². The lowest BCUT2D eigenvalue weighted by atomic mass is 10.3. The number of benzene rings is 1. The van der Waals surface area contributed by atoms with Gasteiger partial charge in [0, 0.05) is 5.02 Å². The number of nitrogens with one attached hydrogen (secondary N) is 1. The second kappa shape index (κ2) is 8.10. The number of rotatable bonds is 6. The number of amides is 1. The molecule has 1 aromatic carbocycles. The maximum Gasteiger partial charge on any atom is 0.328 e. The predicted octanol–water partition coefficient (Wildman–Crippen LogP) is 2.83. The van der Waals surface area contributed by atoms with E-state index < -0.39 is 17.9 Å². The molecule has 0 aliphatic rings. The van der Waals surface area contributed by atoms with E-state index in [0.717, 1.165) is 0 Å². The Morgan fingerprint density at radius 1 is 1.24 bits per heavy atom. The van der Waals surface area contributed by atoms with Crippen LogP contribution in [0.15, 0.2) is 18.2 Å². The minimum Gasteiger partial charge on any atom is -0.482 e. The van der Waals surface area contributed by atoms with Gasteiger partial charge in [0.15, 0.2) is 6.61 Å². The molecule has 0 spiro atoms. The zero-order valence-electron chi connectivity index (χ0n) is 12.0. The van der Waals surface area contributed by atoms with Crippen LogP contribution in [0.5, 0.6) is 5.75 Å². The Balaban J connectivity index is 2.45. The summed E-state index contributed by atoms with van der Waals surface area (Å²) in [7, 11) is 0. The molecule has 116 valence electrons. The van der Waals surface area contributed by atoms with Crippen molar-refractivity contribution in [2.75, 3.05) is 6.61 Å². The van der Waals surface area contributed by atoms with Gasteiger partial charge in [-0.3, -0.25) is 4.79 Å². The lowest BCUT2D eigenvalue weighted by molar-refractivity contribution is -0.151. The minimum atomic E-state index is -0.746. The first-order valence-electron chi connectivity index (χ1n) is 6.37. The van der Waals surface area contributed by atoms with E-state index in [9.17, 15) is 9.59 Å². The van der Waals surface area contributed by atoms with Gasteiger partial charge in [0.2, 0.25) is 0 Å². The van der Waals surface area contributed by atoms with Crippen molar-refractivity contribution in [2.24, 2.45) is 0 Å². The number of carbonyl (C=O) groups is 2. The van der Waals surface area contributed by atoms with Crippen LogP contribution in [0.3, 0.4) is 0 Å². The first-order chi connectivity index (χ1) is 9.79. The molecule has 1 amide bonds. The van der Waals surface area contributed by atoms with Crippen LogP contribution >= 0.6 is 23.2 Å². The lowest BCUT2D eigenvalue weighted by Crippen LogP contribution is -2.42. The van der Waals surface area contributed by atoms with Gasteiger partial charge < -0.3 is 14.8 Å². The van der Waals surface area contributed by atoms with E-state index in [1.54, 1.807) is 26.0 Å². The Hall–Kier alpha value is -1.46. The Kier molecular flexibility index (Phi) is 6.78. The zero-order chi connectivity index (χ0) is 16.0. The van der Waals surface area contributed by atoms with E-state index in [2.05, 4.69) is 5.32 Å². The smallest absolute Gasteiger partial charge is 0.328 e. The van der Waals surface area contributed by atoms with E-state index in [4.69, 9.17) is 32.7 Å². The molecule has 7 heteroatoms. The molecule has 0 radical (unpaired) electrons. The molecule has 0 aromatic heterocycles. The summed E-state index contributed by atoms with van der Waals surface area (Å²) in [5.74, 6) is -0.606. The van der Waals surface area contributed by atoms with Crippen molar-refractivity contribution in [2.45, 2.75) is 32.9 Å². The third-order valence-electron chi connectivity index (χ3n) is 2.34. The van der Waals surface area contributed by atoms with Gasteiger partial charge in [0.05, 0.1) is 11.1 Å². The zero-order valence-corrected chi connectivity index (χ0v) is 13.5. The van der Waals surface area contributed by atoms with Crippen molar-refractivity contribution in [3.63, 3.8) is 0 Å². The number of ether oxygens (including phenoxy) is 2. The molecule has 21 heavy (non-hydrogen) atoms. The molecule has 0 fully saturated rings. The molecule has 0 aliphatic carbocycles. The molecule has 0 saturated heterocycles. The molecule has 5 nitrogen and oxygen atoms in total. The van der Waals surface area contributed by atoms with Crippen molar-refractivity contribution in [1.82, 2.24) is 5.32 Å². The number of esters is 1. The van der Waals surface area contributed by atoms with Crippen LogP contribution in [-0.4, -0.2) is 30.6 Å². The fourth-order valence-corrected chi connectivity index (χ4v) is 1.88. The first-order valence-corrected chi connectivity index (χ1v) is 7.13. The normalized spacial score (nSPS) is 11.9. The van der Waals surface area contributed by atoms with Crippen LogP contribution in [0.1, 0.15) is 20.8 Å². The van der Waals surface area contributed by atoms with Gasteiger partial charge in [0.25, 0.3) is 5.91 Å². The highest BCUT2D eigenvalue weighted by Gasteiger charge is 2.18. The van der Waals surface area contributed by atoms with E-state index in [0.29, 0.717) is 15.8 Å². The molecule has 1 unspecified atom stereocenters. The molecular weight excluding hydrogens is 317 g/mol. The molecule has 1 rings (SSSR count). The van der Waals surface area contributed by atoms with Gasteiger partial charge in [-0.25, -0.2) is 4.79 Å². The van der Waals surface area contributed by atoms with E-state index in [1.807, 2.05) is 0 Å². The second-order valence-electron chi connectivity index (χ2n) is 4.64. The molecule has 1 aromatic rings. The third kappa shape index (κ3) is 6.23. The Bertz CT molecular complexity index is 520. The number of carbonyl (C=O) groups excluding carboxylic acids is 2. The number of halogens is 2. The van der Waals surface area contributed by atoms with Crippen molar-refractivity contribution < 1.29 is 19.1 Å². The SMILES string of the molecule is CC(C)OC(=O)C(C)NC(=O)COc1ccc(Cl)cc1Cl. The van der Waals surface area contributed by atoms with Crippen molar-refractivity contribution in [3.05, 3.63) is 28.2 Å². The van der Waals surface area contributed by atoms with Crippen molar-refractivity contribution in [3.8, 4) is 5.75 Å². The van der Waals surface area contributed by atoms with Crippen LogP contribution in [0.4, 0.5) is 0 Å². The number of hydrogen-bond donors (Lipinski definition) is 1. The fourth-order valence-electron chi connectivity index (χ4n) is 1.41. The lowest BCUT2D eigenvalue weighted by Gasteiger charge is -2.15. The summed E-state index contributed by atoms with van der Waals surface area (Å²) in [5, 5.41) is 3.26. The molecule has 1 N–H and O–H groups in total. The minimum absolute atomic E-state index is 0.235. The molecule has 0 bridgehead atoms. The monoisotopic (exact) mass is 333 g/mol. The highest BCUT2D eigenvalue weighted by Crippen LogP contribution is 2.27. The second-order valence-corrected chi connectivity index (χ2v) is 5.48. The summed E-state index contributed by atoms with van der Waals surface area (Å²) in [6, 6.07) is 3.93. The highest BCUT2D eigenvalue weighted by atomic mass is 35.5. The summed E-state index contributed by atoms with van der Waals surface area (Å²) in [6.45, 7) is 4.74. The largest absolute Gasteiger partial charge is 0.482 e. The van der Waals surface area contributed by atoms with Gasteiger partial charge in [-0.15, -0.1) is 0 Å². The van der Waals surface area contributed by atoms with Crippen molar-refractivity contribution >= 4 is 35.1 Å². The highest BCUT2D eigenvalue weighted by molar-refractivity contribution is 6.35. The number of hydrogen-bond acceptors (Lipinski definition) is 4. The molecular formula is C14H17Cl2NO4. The van der Waals surface area contributed by atoms with Gasteiger partial charge in [-0.1, -0.05) is 23.2 Å². The van der Waals surface area contributed by atoms with Crippen LogP contribution in [-0.2, 0) is 14.3 Å². The van der Waals surface area contributed by atoms with Gasteiger partial charge >= 0.3 is 5.97 Å². The molecule has 0 aliphatic heterocycles. The van der Waals surface area contributed by atoms with Crippen LogP contribution in [0.25, 0.3) is 0 Å². The Morgan fingerprint density at radius 3 is 2.48 bits per heavy atom. The maximum absolute atomic E-state index is 11.7. The van der Waals surface area contributed by atoms with Crippen molar-refractivity contribution in [1.29, 1.82) is 0 Å². The Labute approximate surface area is 133 Å². The van der Waals surface area contributed by atoms with Gasteiger partial charge in [-0.2, -0.15) is 0 Å². The quantitative estimate of drug-likeness (QED) is 0.813. The topological polar surface area (TPSA) is 64.6 Å². The van der Waals surface area contributed by atoms with E-state index in [1.165, 1.54) is 13.0 Å². The molecule has 0 heterocycles. The van der Waals surface area contributed by atoms with Crippen LogP contribution in [0.2, 0.25) is 10.0 Å². The average molecular weight is 334 g/mol. The maximum atomic E-state index is 11.7. The van der Waals surface area contributed by atoms with E-state index >= 15 is 0 Å². The standard InChI is InChI=1S/C14H17Cl2NO4/c1-8(2)21-14(19)9(3)17-13(18)7-20-12-5-4-10(15)6-11(12)16/h4-6,8-9H,7H2,1-3H3,(H,17,18).